The summed E-state index contributed by atoms with van der Waals surface area (Å²) in [6.45, 7) is 4.64. The zero-order valence-electron chi connectivity index (χ0n) is 15.6. The standard InChI is InChI=1S/C19H32N4O.ClH/c1-4-12-19(2,20)18(24)23(3)13-8-11-16-14-17(22-21-16)15-9-6-5-7-10-15;/h5-7,9-10,16-17,21-22H,4,8,11-14,20H2,1-3H3;1H. The Morgan fingerprint density at radius 1 is 1.32 bits per heavy atom. The Labute approximate surface area is 158 Å². The zero-order valence-corrected chi connectivity index (χ0v) is 16.4. The minimum Gasteiger partial charge on any atom is -0.344 e. The largest absolute Gasteiger partial charge is 0.344 e. The third-order valence-electron chi connectivity index (χ3n) is 4.83. The van der Waals surface area contributed by atoms with E-state index in [9.17, 15) is 4.79 Å². The van der Waals surface area contributed by atoms with Gasteiger partial charge >= 0.3 is 0 Å². The quantitative estimate of drug-likeness (QED) is 0.659. The molecule has 0 aliphatic carbocycles. The molecule has 0 radical (unpaired) electrons. The summed E-state index contributed by atoms with van der Waals surface area (Å²) in [5, 5.41) is 0. The Kier molecular flexibility index (Phi) is 8.86. The summed E-state index contributed by atoms with van der Waals surface area (Å²) in [5.74, 6) is 0.0454. The van der Waals surface area contributed by atoms with Crippen LogP contribution in [0.15, 0.2) is 30.3 Å². The molecule has 1 aliphatic rings. The maximum absolute atomic E-state index is 12.4. The summed E-state index contributed by atoms with van der Waals surface area (Å²) < 4.78 is 0. The highest BCUT2D eigenvalue weighted by atomic mass is 35.5. The van der Waals surface area contributed by atoms with Gasteiger partial charge < -0.3 is 10.6 Å². The predicted octanol–water partition coefficient (Wildman–Crippen LogP) is 2.77. The van der Waals surface area contributed by atoms with E-state index in [2.05, 4.69) is 42.0 Å². The minimum absolute atomic E-state index is 0. The molecular formula is C19H33ClN4O. The normalized spacial score (nSPS) is 22.1. The number of halogens is 1. The molecule has 1 fully saturated rings. The van der Waals surface area contributed by atoms with Crippen LogP contribution >= 0.6 is 12.4 Å². The molecule has 4 N–H and O–H groups in total. The Balaban J connectivity index is 0.00000312. The van der Waals surface area contributed by atoms with Crippen LogP contribution in [-0.4, -0.2) is 36.0 Å². The minimum atomic E-state index is -0.741. The topological polar surface area (TPSA) is 70.4 Å². The van der Waals surface area contributed by atoms with Crippen LogP contribution in [0.1, 0.15) is 57.6 Å². The number of nitrogens with zero attached hydrogens (tertiary/aromatic N) is 1. The molecular weight excluding hydrogens is 336 g/mol. The van der Waals surface area contributed by atoms with Crippen molar-refractivity contribution in [1.82, 2.24) is 15.8 Å². The van der Waals surface area contributed by atoms with Gasteiger partial charge in [0.2, 0.25) is 5.91 Å². The summed E-state index contributed by atoms with van der Waals surface area (Å²) in [5.41, 5.74) is 13.5. The average Bonchev–Trinajstić information content (AvgIpc) is 3.03. The fourth-order valence-corrected chi connectivity index (χ4v) is 3.45. The second kappa shape index (κ2) is 10.1. The first-order valence-corrected chi connectivity index (χ1v) is 9.04. The molecule has 25 heavy (non-hydrogen) atoms. The van der Waals surface area contributed by atoms with Gasteiger partial charge in [0.25, 0.3) is 0 Å². The number of carbonyl (C=O) groups is 1. The molecule has 1 saturated heterocycles. The Bertz CT molecular complexity index is 523. The van der Waals surface area contributed by atoms with Gasteiger partial charge in [-0.25, -0.2) is 0 Å². The van der Waals surface area contributed by atoms with Crippen LogP contribution in [0.5, 0.6) is 0 Å². The highest BCUT2D eigenvalue weighted by Crippen LogP contribution is 2.24. The molecule has 1 aliphatic heterocycles. The second-order valence-corrected chi connectivity index (χ2v) is 7.22. The van der Waals surface area contributed by atoms with Crippen molar-refractivity contribution in [2.24, 2.45) is 5.73 Å². The average molecular weight is 369 g/mol. The first-order chi connectivity index (χ1) is 11.4. The molecule has 5 nitrogen and oxygen atoms in total. The maximum atomic E-state index is 12.4. The van der Waals surface area contributed by atoms with Gasteiger partial charge in [-0.3, -0.25) is 15.6 Å². The molecule has 1 aromatic carbocycles. The number of rotatable bonds is 8. The number of benzene rings is 1. The number of amides is 1. The number of nitrogens with one attached hydrogen (secondary N) is 2. The summed E-state index contributed by atoms with van der Waals surface area (Å²) in [6, 6.07) is 11.3. The second-order valence-electron chi connectivity index (χ2n) is 7.22. The summed E-state index contributed by atoms with van der Waals surface area (Å²) in [7, 11) is 1.86. The highest BCUT2D eigenvalue weighted by Gasteiger charge is 2.30. The van der Waals surface area contributed by atoms with Crippen molar-refractivity contribution in [3.8, 4) is 0 Å². The van der Waals surface area contributed by atoms with Gasteiger partial charge in [-0.15, -0.1) is 12.4 Å². The molecule has 2 rings (SSSR count). The molecule has 0 aromatic heterocycles. The van der Waals surface area contributed by atoms with E-state index in [-0.39, 0.29) is 18.3 Å². The van der Waals surface area contributed by atoms with E-state index in [1.165, 1.54) is 5.56 Å². The molecule has 0 bridgehead atoms. The van der Waals surface area contributed by atoms with E-state index >= 15 is 0 Å². The fourth-order valence-electron chi connectivity index (χ4n) is 3.45. The number of hydrazine groups is 1. The SMILES string of the molecule is CCCC(C)(N)C(=O)N(C)CCCC1CC(c2ccccc2)NN1.Cl. The van der Waals surface area contributed by atoms with Crippen LogP contribution in [0.25, 0.3) is 0 Å². The van der Waals surface area contributed by atoms with E-state index in [0.29, 0.717) is 12.1 Å². The molecule has 0 spiro atoms. The van der Waals surface area contributed by atoms with Crippen molar-refractivity contribution < 1.29 is 4.79 Å². The lowest BCUT2D eigenvalue weighted by Crippen LogP contribution is -2.52. The lowest BCUT2D eigenvalue weighted by molar-refractivity contribution is -0.135. The number of hydrogen-bond donors (Lipinski definition) is 3. The molecule has 3 atom stereocenters. The van der Waals surface area contributed by atoms with Gasteiger partial charge in [-0.1, -0.05) is 43.7 Å². The van der Waals surface area contributed by atoms with Gasteiger partial charge in [0, 0.05) is 25.7 Å². The van der Waals surface area contributed by atoms with E-state index < -0.39 is 5.54 Å². The van der Waals surface area contributed by atoms with Crippen LogP contribution in [-0.2, 0) is 4.79 Å². The number of carbonyl (C=O) groups excluding carboxylic acids is 1. The van der Waals surface area contributed by atoms with Gasteiger partial charge in [-0.2, -0.15) is 0 Å². The molecule has 3 unspecified atom stereocenters. The van der Waals surface area contributed by atoms with Crippen LogP contribution in [0.4, 0.5) is 0 Å². The summed E-state index contributed by atoms with van der Waals surface area (Å²) in [4.78, 5) is 14.2. The van der Waals surface area contributed by atoms with Crippen molar-refractivity contribution >= 4 is 18.3 Å². The third kappa shape index (κ3) is 6.26. The molecule has 6 heteroatoms. The van der Waals surface area contributed by atoms with Gasteiger partial charge in [0.15, 0.2) is 0 Å². The number of nitrogens with two attached hydrogens (primary N) is 1. The number of hydrogen-bond acceptors (Lipinski definition) is 4. The monoisotopic (exact) mass is 368 g/mol. The third-order valence-corrected chi connectivity index (χ3v) is 4.83. The first-order valence-electron chi connectivity index (χ1n) is 9.04. The smallest absolute Gasteiger partial charge is 0.242 e. The van der Waals surface area contributed by atoms with E-state index in [4.69, 9.17) is 5.73 Å². The van der Waals surface area contributed by atoms with Gasteiger partial charge in [0.05, 0.1) is 5.54 Å². The Hall–Kier alpha value is -1.14. The summed E-state index contributed by atoms with van der Waals surface area (Å²) >= 11 is 0. The van der Waals surface area contributed by atoms with Gasteiger partial charge in [0.1, 0.15) is 0 Å². The number of likely N-dealkylation sites (N-methyl/N-ethyl adjacent to an activating group) is 1. The molecule has 1 heterocycles. The van der Waals surface area contributed by atoms with Crippen molar-refractivity contribution in [1.29, 1.82) is 0 Å². The van der Waals surface area contributed by atoms with Crippen molar-refractivity contribution in [3.63, 3.8) is 0 Å². The van der Waals surface area contributed by atoms with Crippen molar-refractivity contribution in [2.45, 2.75) is 63.6 Å². The summed E-state index contributed by atoms with van der Waals surface area (Å²) in [6.07, 6.45) is 4.74. The lowest BCUT2D eigenvalue weighted by atomic mass is 9.95. The van der Waals surface area contributed by atoms with Crippen LogP contribution in [0.2, 0.25) is 0 Å². The lowest BCUT2D eigenvalue weighted by Gasteiger charge is -2.29. The first kappa shape index (κ1) is 21.9. The molecule has 0 saturated carbocycles. The zero-order chi connectivity index (χ0) is 17.6. The van der Waals surface area contributed by atoms with Gasteiger partial charge in [-0.05, 0) is 38.2 Å². The van der Waals surface area contributed by atoms with Crippen molar-refractivity contribution in [3.05, 3.63) is 35.9 Å². The fraction of sp³-hybridized carbons (Fsp3) is 0.632. The molecule has 1 amide bonds. The van der Waals surface area contributed by atoms with E-state index in [0.717, 1.165) is 38.6 Å². The highest BCUT2D eigenvalue weighted by molar-refractivity contribution is 5.85. The Morgan fingerprint density at radius 3 is 2.64 bits per heavy atom. The molecule has 1 aromatic rings. The predicted molar refractivity (Wildman–Crippen MR) is 105 cm³/mol. The van der Waals surface area contributed by atoms with E-state index in [1.807, 2.05) is 20.0 Å². The van der Waals surface area contributed by atoms with Crippen LogP contribution < -0.4 is 16.6 Å². The van der Waals surface area contributed by atoms with Crippen LogP contribution in [0.3, 0.4) is 0 Å². The maximum Gasteiger partial charge on any atom is 0.242 e. The molecule has 142 valence electrons. The van der Waals surface area contributed by atoms with E-state index in [1.54, 1.807) is 4.90 Å². The van der Waals surface area contributed by atoms with Crippen LogP contribution in [0, 0.1) is 0 Å². The Morgan fingerprint density at radius 2 is 2.00 bits per heavy atom. The van der Waals surface area contributed by atoms with Crippen molar-refractivity contribution in [2.75, 3.05) is 13.6 Å².